The largest absolute Gasteiger partial charge is 0.335 e. The Morgan fingerprint density at radius 2 is 1.50 bits per heavy atom. The van der Waals surface area contributed by atoms with Crippen molar-refractivity contribution in [3.05, 3.63) is 42.0 Å². The Kier molecular flexibility index (Phi) is 9.08. The highest BCUT2D eigenvalue weighted by Gasteiger charge is 2.24. The average Bonchev–Trinajstić information content (AvgIpc) is 2.63. The molecule has 1 aliphatic rings. The van der Waals surface area contributed by atoms with Gasteiger partial charge in [0, 0.05) is 6.04 Å². The molecule has 28 heavy (non-hydrogen) atoms. The van der Waals surface area contributed by atoms with E-state index in [9.17, 15) is 4.79 Å². The van der Waals surface area contributed by atoms with Gasteiger partial charge < -0.3 is 10.6 Å². The highest BCUT2D eigenvalue weighted by Crippen LogP contribution is 2.24. The lowest BCUT2D eigenvalue weighted by atomic mass is 9.91. The van der Waals surface area contributed by atoms with Gasteiger partial charge in [-0.25, -0.2) is 4.79 Å². The fourth-order valence-corrected chi connectivity index (χ4v) is 4.06. The fourth-order valence-electron chi connectivity index (χ4n) is 4.06. The summed E-state index contributed by atoms with van der Waals surface area (Å²) < 4.78 is 0. The highest BCUT2D eigenvalue weighted by atomic mass is 16.2. The van der Waals surface area contributed by atoms with Crippen LogP contribution in [0, 0.1) is 0 Å². The third-order valence-electron chi connectivity index (χ3n) is 5.94. The maximum absolute atomic E-state index is 12.8. The summed E-state index contributed by atoms with van der Waals surface area (Å²) in [7, 11) is 0. The number of urea groups is 1. The van der Waals surface area contributed by atoms with Crippen LogP contribution in [0.15, 0.2) is 30.8 Å². The van der Waals surface area contributed by atoms with Gasteiger partial charge in [-0.05, 0) is 50.8 Å². The predicted octanol–water partition coefficient (Wildman–Crippen LogP) is 6.93. The molecule has 2 rings (SSSR count). The van der Waals surface area contributed by atoms with Crippen molar-refractivity contribution in [2.24, 2.45) is 0 Å². The van der Waals surface area contributed by atoms with E-state index in [4.69, 9.17) is 0 Å². The minimum Gasteiger partial charge on any atom is -0.335 e. The molecule has 0 aliphatic heterocycles. The maximum Gasteiger partial charge on any atom is 0.315 e. The molecule has 0 unspecified atom stereocenters. The number of rotatable bonds is 4. The fraction of sp³-hybridized carbons (Fsp3) is 0.640. The highest BCUT2D eigenvalue weighted by molar-refractivity contribution is 5.75. The molecule has 2 amide bonds. The van der Waals surface area contributed by atoms with Gasteiger partial charge in [-0.2, -0.15) is 0 Å². The molecule has 3 nitrogen and oxygen atoms in total. The van der Waals surface area contributed by atoms with Gasteiger partial charge in [-0.15, -0.1) is 0 Å². The van der Waals surface area contributed by atoms with E-state index < -0.39 is 5.54 Å². The summed E-state index contributed by atoms with van der Waals surface area (Å²) in [5, 5.41) is 6.46. The second-order valence-electron chi connectivity index (χ2n) is 9.04. The van der Waals surface area contributed by atoms with Crippen molar-refractivity contribution in [1.29, 1.82) is 0 Å². The lowest BCUT2D eigenvalue weighted by Gasteiger charge is -2.29. The first-order valence-electron chi connectivity index (χ1n) is 11.2. The third-order valence-corrected chi connectivity index (χ3v) is 5.94. The van der Waals surface area contributed by atoms with E-state index in [1.807, 2.05) is 13.0 Å². The number of carbonyl (C=O) groups excluding carboxylic acids is 1. The molecule has 3 heteroatoms. The smallest absolute Gasteiger partial charge is 0.315 e. The maximum atomic E-state index is 12.8. The molecule has 0 spiro atoms. The Balaban J connectivity index is 1.93. The summed E-state index contributed by atoms with van der Waals surface area (Å²) in [6.07, 6.45) is 14.0. The van der Waals surface area contributed by atoms with E-state index in [1.54, 1.807) is 0 Å². The van der Waals surface area contributed by atoms with Crippen LogP contribution in [0.4, 0.5) is 4.79 Å². The first-order chi connectivity index (χ1) is 13.4. The van der Waals surface area contributed by atoms with Crippen LogP contribution in [0.5, 0.6) is 0 Å². The first-order valence-corrected chi connectivity index (χ1v) is 11.2. The molecule has 1 fully saturated rings. The Hall–Kier alpha value is -1.77. The Morgan fingerprint density at radius 1 is 0.964 bits per heavy atom. The second-order valence-corrected chi connectivity index (χ2v) is 9.04. The zero-order chi connectivity index (χ0) is 20.4. The van der Waals surface area contributed by atoms with Crippen molar-refractivity contribution in [1.82, 2.24) is 10.6 Å². The summed E-state index contributed by atoms with van der Waals surface area (Å²) >= 11 is 0. The van der Waals surface area contributed by atoms with Crippen LogP contribution in [0.25, 0.3) is 5.57 Å². The van der Waals surface area contributed by atoms with Gasteiger partial charge in [-0.1, -0.05) is 88.1 Å². The van der Waals surface area contributed by atoms with Crippen molar-refractivity contribution in [2.45, 2.75) is 103 Å². The standard InChI is InChI=1S/C25H40N2O/c1-20(2)21-15-14-16-22(19-21)25(3,4)27-24(28)26-23-17-12-10-8-6-5-7-9-11-13-18-23/h14-16,19,23H,1,5-13,17-18H2,2-4H3,(H2,26,27,28). The molecule has 0 bridgehead atoms. The van der Waals surface area contributed by atoms with Crippen LogP contribution < -0.4 is 10.6 Å². The lowest BCUT2D eigenvalue weighted by Crippen LogP contribution is -2.49. The number of allylic oxidation sites excluding steroid dienone is 1. The SMILES string of the molecule is C=C(C)c1cccc(C(C)(C)NC(=O)NC2CCCCCCCCCCC2)c1. The molecule has 2 N–H and O–H groups in total. The van der Waals surface area contributed by atoms with E-state index in [0.717, 1.165) is 29.5 Å². The molecule has 156 valence electrons. The predicted molar refractivity (Wildman–Crippen MR) is 120 cm³/mol. The summed E-state index contributed by atoms with van der Waals surface area (Å²) in [5.41, 5.74) is 2.82. The quantitative estimate of drug-likeness (QED) is 0.580. The third kappa shape index (κ3) is 7.69. The number of hydrogen-bond acceptors (Lipinski definition) is 1. The summed E-state index contributed by atoms with van der Waals surface area (Å²) in [6, 6.07) is 8.53. The van der Waals surface area contributed by atoms with Crippen molar-refractivity contribution in [3.8, 4) is 0 Å². The molecular weight excluding hydrogens is 344 g/mol. The van der Waals surface area contributed by atoms with E-state index in [2.05, 4.69) is 49.3 Å². The van der Waals surface area contributed by atoms with Crippen LogP contribution in [0.2, 0.25) is 0 Å². The van der Waals surface area contributed by atoms with Gasteiger partial charge in [-0.3, -0.25) is 0 Å². The molecule has 1 aromatic rings. The molecule has 0 saturated heterocycles. The van der Waals surface area contributed by atoms with Crippen molar-refractivity contribution >= 4 is 11.6 Å². The van der Waals surface area contributed by atoms with E-state index in [1.165, 1.54) is 57.8 Å². The van der Waals surface area contributed by atoms with Gasteiger partial charge in [0.05, 0.1) is 5.54 Å². The summed E-state index contributed by atoms with van der Waals surface area (Å²) in [4.78, 5) is 12.8. The molecule has 1 saturated carbocycles. The van der Waals surface area contributed by atoms with Crippen molar-refractivity contribution in [2.75, 3.05) is 0 Å². The first kappa shape index (κ1) is 22.5. The zero-order valence-corrected chi connectivity index (χ0v) is 18.3. The van der Waals surface area contributed by atoms with E-state index in [-0.39, 0.29) is 12.1 Å². The van der Waals surface area contributed by atoms with Crippen LogP contribution in [-0.4, -0.2) is 12.1 Å². The second kappa shape index (κ2) is 11.3. The topological polar surface area (TPSA) is 41.1 Å². The minimum atomic E-state index is -0.430. The monoisotopic (exact) mass is 384 g/mol. The number of amides is 2. The Morgan fingerprint density at radius 3 is 2.04 bits per heavy atom. The van der Waals surface area contributed by atoms with Gasteiger partial charge in [0.25, 0.3) is 0 Å². The van der Waals surface area contributed by atoms with Crippen molar-refractivity contribution < 1.29 is 4.79 Å². The van der Waals surface area contributed by atoms with Gasteiger partial charge in [0.15, 0.2) is 0 Å². The van der Waals surface area contributed by atoms with Crippen LogP contribution in [0.3, 0.4) is 0 Å². The van der Waals surface area contributed by atoms with Crippen molar-refractivity contribution in [3.63, 3.8) is 0 Å². The molecule has 0 atom stereocenters. The van der Waals surface area contributed by atoms with Gasteiger partial charge in [0.1, 0.15) is 0 Å². The molecule has 0 aromatic heterocycles. The summed E-state index contributed by atoms with van der Waals surface area (Å²) in [5.74, 6) is 0. The van der Waals surface area contributed by atoms with E-state index in [0.29, 0.717) is 0 Å². The number of hydrogen-bond donors (Lipinski definition) is 2. The number of nitrogens with one attached hydrogen (secondary N) is 2. The zero-order valence-electron chi connectivity index (χ0n) is 18.3. The Labute approximate surface area is 172 Å². The van der Waals surface area contributed by atoms with Crippen LogP contribution in [0.1, 0.15) is 103 Å². The molecule has 0 radical (unpaired) electrons. The number of carbonyl (C=O) groups is 1. The minimum absolute atomic E-state index is 0.0529. The normalized spacial score (nSPS) is 17.8. The summed E-state index contributed by atoms with van der Waals surface area (Å²) in [6.45, 7) is 10.2. The number of benzene rings is 1. The van der Waals surface area contributed by atoms with E-state index >= 15 is 0 Å². The molecular formula is C25H40N2O. The Bertz CT molecular complexity index is 623. The van der Waals surface area contributed by atoms with Crippen LogP contribution in [-0.2, 0) is 5.54 Å². The molecule has 0 heterocycles. The molecule has 1 aliphatic carbocycles. The van der Waals surface area contributed by atoms with Gasteiger partial charge >= 0.3 is 6.03 Å². The van der Waals surface area contributed by atoms with Gasteiger partial charge in [0.2, 0.25) is 0 Å². The molecule has 1 aromatic carbocycles. The average molecular weight is 385 g/mol. The lowest BCUT2D eigenvalue weighted by molar-refractivity contribution is 0.223. The van der Waals surface area contributed by atoms with Crippen LogP contribution >= 0.6 is 0 Å².